The van der Waals surface area contributed by atoms with Crippen LogP contribution >= 0.6 is 0 Å². The van der Waals surface area contributed by atoms with Crippen molar-refractivity contribution in [1.29, 1.82) is 0 Å². The van der Waals surface area contributed by atoms with Crippen molar-refractivity contribution in [1.82, 2.24) is 14.6 Å². The fourth-order valence-electron chi connectivity index (χ4n) is 2.21. The fourth-order valence-corrected chi connectivity index (χ4v) is 2.21. The molecular formula is C16H17N5O. The molecule has 22 heavy (non-hydrogen) atoms. The first-order valence-electron chi connectivity index (χ1n) is 7.14. The number of carbonyl (C=O) groups excluding carboxylic acids is 1. The molecule has 2 amide bonds. The van der Waals surface area contributed by atoms with Crippen LogP contribution in [0.4, 0.5) is 16.2 Å². The number of urea groups is 1. The number of benzene rings is 1. The van der Waals surface area contributed by atoms with Crippen LogP contribution in [0.5, 0.6) is 0 Å². The first-order valence-corrected chi connectivity index (χ1v) is 7.14. The van der Waals surface area contributed by atoms with Gasteiger partial charge in [-0.3, -0.25) is 0 Å². The van der Waals surface area contributed by atoms with Crippen molar-refractivity contribution < 1.29 is 4.79 Å². The van der Waals surface area contributed by atoms with Crippen LogP contribution in [0.15, 0.2) is 42.6 Å². The number of anilines is 2. The van der Waals surface area contributed by atoms with Gasteiger partial charge in [0, 0.05) is 18.3 Å². The molecule has 0 aliphatic carbocycles. The van der Waals surface area contributed by atoms with E-state index in [9.17, 15) is 4.79 Å². The normalized spacial score (nSPS) is 10.6. The molecule has 2 heterocycles. The van der Waals surface area contributed by atoms with E-state index in [1.165, 1.54) is 0 Å². The van der Waals surface area contributed by atoms with Crippen LogP contribution in [0.25, 0.3) is 5.65 Å². The summed E-state index contributed by atoms with van der Waals surface area (Å²) in [6, 6.07) is 11.0. The molecule has 0 atom stereocenters. The highest BCUT2D eigenvalue weighted by Gasteiger charge is 2.09. The summed E-state index contributed by atoms with van der Waals surface area (Å²) in [4.78, 5) is 16.5. The van der Waals surface area contributed by atoms with Crippen LogP contribution in [0.1, 0.15) is 18.3 Å². The second kappa shape index (κ2) is 5.85. The number of carbonyl (C=O) groups is 1. The minimum atomic E-state index is -0.306. The minimum Gasteiger partial charge on any atom is -0.308 e. The molecule has 112 valence electrons. The lowest BCUT2D eigenvalue weighted by molar-refractivity contribution is 0.262. The number of fused-ring (bicyclic) bond motifs is 1. The lowest BCUT2D eigenvalue weighted by Crippen LogP contribution is -2.20. The zero-order valence-corrected chi connectivity index (χ0v) is 12.5. The summed E-state index contributed by atoms with van der Waals surface area (Å²) < 4.78 is 1.67. The molecule has 0 unspecified atom stereocenters. The molecule has 0 aliphatic rings. The summed E-state index contributed by atoms with van der Waals surface area (Å²) in [7, 11) is 0. The first-order chi connectivity index (χ1) is 10.7. The van der Waals surface area contributed by atoms with E-state index in [0.29, 0.717) is 11.3 Å². The van der Waals surface area contributed by atoms with Crippen molar-refractivity contribution in [2.75, 3.05) is 10.6 Å². The Labute approximate surface area is 128 Å². The van der Waals surface area contributed by atoms with Crippen molar-refractivity contribution in [3.8, 4) is 0 Å². The Morgan fingerprint density at radius 3 is 2.86 bits per heavy atom. The van der Waals surface area contributed by atoms with Gasteiger partial charge in [-0.05, 0) is 36.8 Å². The average molecular weight is 295 g/mol. The van der Waals surface area contributed by atoms with E-state index < -0.39 is 0 Å². The van der Waals surface area contributed by atoms with E-state index in [0.717, 1.165) is 23.5 Å². The molecule has 0 fully saturated rings. The van der Waals surface area contributed by atoms with Gasteiger partial charge < -0.3 is 10.6 Å². The van der Waals surface area contributed by atoms with Crippen molar-refractivity contribution in [2.24, 2.45) is 0 Å². The van der Waals surface area contributed by atoms with Gasteiger partial charge in [0.25, 0.3) is 0 Å². The molecule has 0 radical (unpaired) electrons. The zero-order valence-electron chi connectivity index (χ0n) is 12.5. The third kappa shape index (κ3) is 2.90. The second-order valence-electron chi connectivity index (χ2n) is 5.02. The predicted octanol–water partition coefficient (Wildman–Crippen LogP) is 3.24. The topological polar surface area (TPSA) is 71.3 Å². The summed E-state index contributed by atoms with van der Waals surface area (Å²) in [5.41, 5.74) is 3.10. The number of aryl methyl sites for hydroxylation is 2. The Morgan fingerprint density at radius 1 is 1.23 bits per heavy atom. The molecule has 0 aliphatic heterocycles. The zero-order chi connectivity index (χ0) is 15.5. The summed E-state index contributed by atoms with van der Waals surface area (Å²) >= 11 is 0. The smallest absolute Gasteiger partial charge is 0.308 e. The maximum Gasteiger partial charge on any atom is 0.323 e. The number of aromatic nitrogens is 3. The van der Waals surface area contributed by atoms with Crippen LogP contribution in [-0.4, -0.2) is 20.6 Å². The Morgan fingerprint density at radius 2 is 2.09 bits per heavy atom. The predicted molar refractivity (Wildman–Crippen MR) is 86.2 cm³/mol. The molecule has 0 bridgehead atoms. The maximum absolute atomic E-state index is 12.1. The van der Waals surface area contributed by atoms with Gasteiger partial charge in [0.15, 0.2) is 11.5 Å². The Kier molecular flexibility index (Phi) is 3.74. The summed E-state index contributed by atoms with van der Waals surface area (Å²) in [5, 5.41) is 9.95. The fraction of sp³-hybridized carbons (Fsp3) is 0.188. The van der Waals surface area contributed by atoms with Crippen molar-refractivity contribution in [3.05, 3.63) is 54.0 Å². The summed E-state index contributed by atoms with van der Waals surface area (Å²) in [6.45, 7) is 3.97. The van der Waals surface area contributed by atoms with Crippen LogP contribution < -0.4 is 10.6 Å². The lowest BCUT2D eigenvalue weighted by atomic mass is 10.2. The maximum atomic E-state index is 12.1. The van der Waals surface area contributed by atoms with E-state index in [-0.39, 0.29) is 6.03 Å². The largest absolute Gasteiger partial charge is 0.323 e. The Hall–Kier alpha value is -2.89. The standard InChI is InChI=1S/C16H17N5O/c1-3-14-19-15-13(8-5-9-21(15)20-14)18-16(22)17-12-7-4-6-11(2)10-12/h4-10H,3H2,1-2H3,(H2,17,18,22). The number of rotatable bonds is 3. The molecule has 3 aromatic rings. The van der Waals surface area contributed by atoms with Crippen LogP contribution in [0.3, 0.4) is 0 Å². The molecule has 0 saturated carbocycles. The van der Waals surface area contributed by atoms with Crippen LogP contribution in [0.2, 0.25) is 0 Å². The highest BCUT2D eigenvalue weighted by Crippen LogP contribution is 2.16. The van der Waals surface area contributed by atoms with Gasteiger partial charge in [0.2, 0.25) is 0 Å². The second-order valence-corrected chi connectivity index (χ2v) is 5.02. The molecule has 3 rings (SSSR count). The Balaban J connectivity index is 1.80. The number of hydrogen-bond acceptors (Lipinski definition) is 3. The SMILES string of the molecule is CCc1nc2c(NC(=O)Nc3cccc(C)c3)cccn2n1. The van der Waals surface area contributed by atoms with Crippen LogP contribution in [-0.2, 0) is 6.42 Å². The van der Waals surface area contributed by atoms with Crippen LogP contribution in [0, 0.1) is 6.92 Å². The quantitative estimate of drug-likeness (QED) is 0.779. The average Bonchev–Trinajstić information content (AvgIpc) is 2.91. The van der Waals surface area contributed by atoms with Crippen molar-refractivity contribution in [2.45, 2.75) is 20.3 Å². The summed E-state index contributed by atoms with van der Waals surface area (Å²) in [5.74, 6) is 0.744. The molecule has 2 aromatic heterocycles. The highest BCUT2D eigenvalue weighted by atomic mass is 16.2. The third-order valence-corrected chi connectivity index (χ3v) is 3.25. The van der Waals surface area contributed by atoms with E-state index in [4.69, 9.17) is 0 Å². The first kappa shape index (κ1) is 14.1. The van der Waals surface area contributed by atoms with E-state index >= 15 is 0 Å². The van der Waals surface area contributed by atoms with Gasteiger partial charge in [-0.2, -0.15) is 5.10 Å². The number of hydrogen-bond donors (Lipinski definition) is 2. The van der Waals surface area contributed by atoms with Gasteiger partial charge in [-0.1, -0.05) is 19.1 Å². The van der Waals surface area contributed by atoms with E-state index in [1.54, 1.807) is 10.6 Å². The highest BCUT2D eigenvalue weighted by molar-refractivity contribution is 6.01. The molecule has 6 nitrogen and oxygen atoms in total. The molecule has 1 aromatic carbocycles. The monoisotopic (exact) mass is 295 g/mol. The van der Waals surface area contributed by atoms with E-state index in [1.807, 2.05) is 50.4 Å². The molecule has 6 heteroatoms. The summed E-state index contributed by atoms with van der Waals surface area (Å²) in [6.07, 6.45) is 2.56. The number of nitrogens with zero attached hydrogens (tertiary/aromatic N) is 3. The van der Waals surface area contributed by atoms with Gasteiger partial charge in [0.05, 0.1) is 5.69 Å². The lowest BCUT2D eigenvalue weighted by Gasteiger charge is -2.08. The number of pyridine rings is 1. The Bertz CT molecular complexity index is 824. The molecular weight excluding hydrogens is 278 g/mol. The van der Waals surface area contributed by atoms with Gasteiger partial charge in [0.1, 0.15) is 0 Å². The van der Waals surface area contributed by atoms with Gasteiger partial charge >= 0.3 is 6.03 Å². The number of amides is 2. The molecule has 0 spiro atoms. The van der Waals surface area contributed by atoms with Gasteiger partial charge in [-0.15, -0.1) is 0 Å². The molecule has 0 saturated heterocycles. The van der Waals surface area contributed by atoms with Gasteiger partial charge in [-0.25, -0.2) is 14.3 Å². The van der Waals surface area contributed by atoms with Crippen molar-refractivity contribution >= 4 is 23.1 Å². The third-order valence-electron chi connectivity index (χ3n) is 3.25. The minimum absolute atomic E-state index is 0.306. The molecule has 2 N–H and O–H groups in total. The number of nitrogens with one attached hydrogen (secondary N) is 2. The van der Waals surface area contributed by atoms with Crippen molar-refractivity contribution in [3.63, 3.8) is 0 Å². The van der Waals surface area contributed by atoms with E-state index in [2.05, 4.69) is 20.7 Å².